The third-order valence-corrected chi connectivity index (χ3v) is 3.46. The highest BCUT2D eigenvalue weighted by Gasteiger charge is 2.39. The van der Waals surface area contributed by atoms with Crippen LogP contribution < -0.4 is 14.4 Å². The molecule has 0 saturated heterocycles. The Labute approximate surface area is 128 Å². The number of amides is 1. The van der Waals surface area contributed by atoms with E-state index >= 15 is 0 Å². The van der Waals surface area contributed by atoms with E-state index in [9.17, 15) is 19.8 Å². The van der Waals surface area contributed by atoms with Crippen LogP contribution in [-0.2, 0) is 16.2 Å². The summed E-state index contributed by atoms with van der Waals surface area (Å²) in [4.78, 5) is 24.8. The SMILES string of the molecule is CCOc1cc(CO)cc2c1OC(C)C(=O)N2C(C)C(=O)O. The average Bonchev–Trinajstić information content (AvgIpc) is 2.48. The molecule has 7 heteroatoms. The van der Waals surface area contributed by atoms with Gasteiger partial charge in [0.05, 0.1) is 18.9 Å². The van der Waals surface area contributed by atoms with Gasteiger partial charge in [-0.1, -0.05) is 0 Å². The second-order valence-electron chi connectivity index (χ2n) is 5.02. The molecule has 1 aromatic rings. The van der Waals surface area contributed by atoms with Crippen molar-refractivity contribution < 1.29 is 29.3 Å². The first-order valence-electron chi connectivity index (χ1n) is 7.03. The number of nitrogens with zero attached hydrogens (tertiary/aromatic N) is 1. The van der Waals surface area contributed by atoms with Crippen LogP contribution in [0.5, 0.6) is 11.5 Å². The Morgan fingerprint density at radius 1 is 1.50 bits per heavy atom. The summed E-state index contributed by atoms with van der Waals surface area (Å²) >= 11 is 0. The van der Waals surface area contributed by atoms with Gasteiger partial charge in [0.2, 0.25) is 0 Å². The Hall–Kier alpha value is -2.28. The van der Waals surface area contributed by atoms with Crippen LogP contribution in [0.3, 0.4) is 0 Å². The zero-order valence-electron chi connectivity index (χ0n) is 12.7. The number of hydrogen-bond donors (Lipinski definition) is 2. The first-order valence-corrected chi connectivity index (χ1v) is 7.03. The molecule has 1 amide bonds. The quantitative estimate of drug-likeness (QED) is 0.847. The number of hydrogen-bond acceptors (Lipinski definition) is 5. The summed E-state index contributed by atoms with van der Waals surface area (Å²) < 4.78 is 11.1. The largest absolute Gasteiger partial charge is 0.490 e. The second-order valence-corrected chi connectivity index (χ2v) is 5.02. The monoisotopic (exact) mass is 309 g/mol. The fraction of sp³-hybridized carbons (Fsp3) is 0.467. The van der Waals surface area contributed by atoms with Crippen LogP contribution in [0.2, 0.25) is 0 Å². The summed E-state index contributed by atoms with van der Waals surface area (Å²) in [7, 11) is 0. The lowest BCUT2D eigenvalue weighted by Gasteiger charge is -2.36. The number of benzene rings is 1. The summed E-state index contributed by atoms with van der Waals surface area (Å²) in [6, 6.07) is 2.11. The van der Waals surface area contributed by atoms with Gasteiger partial charge in [0.25, 0.3) is 5.91 Å². The number of fused-ring (bicyclic) bond motifs is 1. The number of rotatable bonds is 5. The maximum absolute atomic E-state index is 12.3. The highest BCUT2D eigenvalue weighted by Crippen LogP contribution is 2.43. The van der Waals surface area contributed by atoms with E-state index in [-0.39, 0.29) is 6.61 Å². The van der Waals surface area contributed by atoms with Gasteiger partial charge in [-0.15, -0.1) is 0 Å². The molecule has 7 nitrogen and oxygen atoms in total. The first-order chi connectivity index (χ1) is 10.4. The van der Waals surface area contributed by atoms with Crippen LogP contribution in [-0.4, -0.2) is 40.8 Å². The zero-order chi connectivity index (χ0) is 16.4. The third kappa shape index (κ3) is 2.71. The van der Waals surface area contributed by atoms with Crippen molar-refractivity contribution in [2.45, 2.75) is 39.5 Å². The van der Waals surface area contributed by atoms with E-state index in [4.69, 9.17) is 9.47 Å². The van der Waals surface area contributed by atoms with Crippen LogP contribution in [0.25, 0.3) is 0 Å². The van der Waals surface area contributed by atoms with Crippen LogP contribution in [0.1, 0.15) is 26.3 Å². The third-order valence-electron chi connectivity index (χ3n) is 3.46. The van der Waals surface area contributed by atoms with Gasteiger partial charge < -0.3 is 19.7 Å². The molecule has 0 bridgehead atoms. The number of carboxylic acids is 1. The molecule has 0 fully saturated rings. The number of anilines is 1. The van der Waals surface area contributed by atoms with Crippen LogP contribution in [0, 0.1) is 0 Å². The maximum atomic E-state index is 12.3. The van der Waals surface area contributed by atoms with Gasteiger partial charge in [-0.25, -0.2) is 4.79 Å². The molecule has 0 spiro atoms. The molecular weight excluding hydrogens is 290 g/mol. The minimum Gasteiger partial charge on any atom is -0.490 e. The Bertz CT molecular complexity index is 600. The van der Waals surface area contributed by atoms with Crippen molar-refractivity contribution in [1.29, 1.82) is 0 Å². The predicted molar refractivity (Wildman–Crippen MR) is 78.2 cm³/mol. The van der Waals surface area contributed by atoms with Crippen molar-refractivity contribution in [1.82, 2.24) is 0 Å². The molecule has 0 saturated carbocycles. The Morgan fingerprint density at radius 2 is 2.18 bits per heavy atom. The minimum absolute atomic E-state index is 0.258. The van der Waals surface area contributed by atoms with E-state index in [1.165, 1.54) is 11.8 Å². The molecule has 1 aliphatic heterocycles. The van der Waals surface area contributed by atoms with E-state index in [1.807, 2.05) is 0 Å². The van der Waals surface area contributed by atoms with Gasteiger partial charge in [0.15, 0.2) is 17.6 Å². The predicted octanol–water partition coefficient (Wildman–Crippen LogP) is 1.16. The maximum Gasteiger partial charge on any atom is 0.326 e. The van der Waals surface area contributed by atoms with Gasteiger partial charge in [0, 0.05) is 0 Å². The van der Waals surface area contributed by atoms with Crippen LogP contribution in [0.15, 0.2) is 12.1 Å². The molecule has 0 radical (unpaired) electrons. The number of carbonyl (C=O) groups excluding carboxylic acids is 1. The number of aliphatic hydroxyl groups is 1. The van der Waals surface area contributed by atoms with Crippen LogP contribution >= 0.6 is 0 Å². The molecule has 1 aromatic carbocycles. The van der Waals surface area contributed by atoms with Crippen molar-refractivity contribution in [2.24, 2.45) is 0 Å². The van der Waals surface area contributed by atoms with Crippen molar-refractivity contribution in [2.75, 3.05) is 11.5 Å². The summed E-state index contributed by atoms with van der Waals surface area (Å²) in [6.45, 7) is 4.90. The van der Waals surface area contributed by atoms with Gasteiger partial charge in [-0.3, -0.25) is 9.69 Å². The molecule has 120 valence electrons. The fourth-order valence-electron chi connectivity index (χ4n) is 2.35. The van der Waals surface area contributed by atoms with E-state index < -0.39 is 24.0 Å². The normalized spacial score (nSPS) is 18.5. The van der Waals surface area contributed by atoms with Crippen molar-refractivity contribution in [3.8, 4) is 11.5 Å². The van der Waals surface area contributed by atoms with E-state index in [2.05, 4.69) is 0 Å². The molecule has 2 unspecified atom stereocenters. The van der Waals surface area contributed by atoms with E-state index in [1.54, 1.807) is 26.0 Å². The Kier molecular flexibility index (Phi) is 4.56. The summed E-state index contributed by atoms with van der Waals surface area (Å²) in [5.74, 6) is -0.870. The summed E-state index contributed by atoms with van der Waals surface area (Å²) in [5, 5.41) is 18.6. The zero-order valence-corrected chi connectivity index (χ0v) is 12.7. The van der Waals surface area contributed by atoms with E-state index in [0.29, 0.717) is 29.4 Å². The van der Waals surface area contributed by atoms with Crippen molar-refractivity contribution >= 4 is 17.6 Å². The number of aliphatic hydroxyl groups excluding tert-OH is 1. The molecule has 2 rings (SSSR count). The Balaban J connectivity index is 2.63. The standard InChI is InChI=1S/C15H19NO6/c1-4-21-12-6-10(7-17)5-11-13(12)22-9(3)14(18)16(11)8(2)15(19)20/h5-6,8-9,17H,4,7H2,1-3H3,(H,19,20). The highest BCUT2D eigenvalue weighted by atomic mass is 16.5. The van der Waals surface area contributed by atoms with Gasteiger partial charge in [0.1, 0.15) is 6.04 Å². The average molecular weight is 309 g/mol. The van der Waals surface area contributed by atoms with Gasteiger partial charge in [-0.05, 0) is 38.5 Å². The number of ether oxygens (including phenoxy) is 2. The molecule has 2 N–H and O–H groups in total. The van der Waals surface area contributed by atoms with Crippen molar-refractivity contribution in [3.05, 3.63) is 17.7 Å². The number of aliphatic carboxylic acids is 1. The molecule has 0 aliphatic carbocycles. The highest BCUT2D eigenvalue weighted by molar-refractivity contribution is 6.04. The minimum atomic E-state index is -1.12. The lowest BCUT2D eigenvalue weighted by Crippen LogP contribution is -2.51. The molecule has 22 heavy (non-hydrogen) atoms. The fourth-order valence-corrected chi connectivity index (χ4v) is 2.35. The second kappa shape index (κ2) is 6.23. The lowest BCUT2D eigenvalue weighted by atomic mass is 10.1. The molecular formula is C15H19NO6. The topological polar surface area (TPSA) is 96.3 Å². The van der Waals surface area contributed by atoms with Crippen molar-refractivity contribution in [3.63, 3.8) is 0 Å². The molecule has 1 heterocycles. The number of carboxylic acid groups (broad SMARTS) is 1. The van der Waals surface area contributed by atoms with E-state index in [0.717, 1.165) is 0 Å². The molecule has 2 atom stereocenters. The lowest BCUT2D eigenvalue weighted by molar-refractivity contribution is -0.140. The molecule has 0 aromatic heterocycles. The summed E-state index contributed by atoms with van der Waals surface area (Å²) in [6.07, 6.45) is -0.812. The Morgan fingerprint density at radius 3 is 2.73 bits per heavy atom. The van der Waals surface area contributed by atoms with Gasteiger partial charge in [-0.2, -0.15) is 0 Å². The first kappa shape index (κ1) is 16.1. The molecule has 1 aliphatic rings. The summed E-state index contributed by atoms with van der Waals surface area (Å²) in [5.41, 5.74) is 0.809. The van der Waals surface area contributed by atoms with Gasteiger partial charge >= 0.3 is 5.97 Å². The van der Waals surface area contributed by atoms with Crippen LogP contribution in [0.4, 0.5) is 5.69 Å². The smallest absolute Gasteiger partial charge is 0.326 e. The number of carbonyl (C=O) groups is 2.